The average Bonchev–Trinajstić information content (AvgIpc) is 3.15. The van der Waals surface area contributed by atoms with Gasteiger partial charge in [-0.1, -0.05) is 29.5 Å². The lowest BCUT2D eigenvalue weighted by Gasteiger charge is -2.34. The van der Waals surface area contributed by atoms with E-state index in [9.17, 15) is 9.59 Å². The van der Waals surface area contributed by atoms with Crippen molar-refractivity contribution in [2.75, 3.05) is 31.1 Å². The molecule has 1 amide bonds. The quantitative estimate of drug-likeness (QED) is 0.629. The minimum absolute atomic E-state index is 0.00822. The predicted molar refractivity (Wildman–Crippen MR) is 114 cm³/mol. The second-order valence-electron chi connectivity index (χ2n) is 7.26. The van der Waals surface area contributed by atoms with Crippen molar-refractivity contribution in [2.24, 2.45) is 0 Å². The van der Waals surface area contributed by atoms with Crippen LogP contribution in [0.4, 0.5) is 5.13 Å². The highest BCUT2D eigenvalue weighted by Gasteiger charge is 2.24. The second kappa shape index (κ2) is 7.36. The van der Waals surface area contributed by atoms with E-state index in [1.165, 1.54) is 22.8 Å². The number of ketones is 1. The summed E-state index contributed by atoms with van der Waals surface area (Å²) < 4.78 is 1.21. The number of hydrogen-bond donors (Lipinski definition) is 0. The van der Waals surface area contributed by atoms with Gasteiger partial charge in [-0.15, -0.1) is 0 Å². The van der Waals surface area contributed by atoms with Crippen LogP contribution in [0.1, 0.15) is 38.8 Å². The Balaban J connectivity index is 1.45. The summed E-state index contributed by atoms with van der Waals surface area (Å²) in [5.41, 5.74) is 4.84. The monoisotopic (exact) mass is 393 g/mol. The van der Waals surface area contributed by atoms with Crippen LogP contribution in [0.3, 0.4) is 0 Å². The van der Waals surface area contributed by atoms with Gasteiger partial charge < -0.3 is 9.80 Å². The molecule has 1 saturated heterocycles. The zero-order chi connectivity index (χ0) is 19.8. The number of carbonyl (C=O) groups is 2. The highest BCUT2D eigenvalue weighted by atomic mass is 32.1. The molecule has 3 aromatic rings. The van der Waals surface area contributed by atoms with Gasteiger partial charge in [0.2, 0.25) is 0 Å². The molecule has 0 N–H and O–H groups in total. The lowest BCUT2D eigenvalue weighted by molar-refractivity contribution is 0.0746. The Hall–Kier alpha value is -2.73. The van der Waals surface area contributed by atoms with E-state index in [0.29, 0.717) is 24.2 Å². The maximum atomic E-state index is 12.8. The molecule has 4 rings (SSSR count). The van der Waals surface area contributed by atoms with Crippen LogP contribution in [0.5, 0.6) is 0 Å². The smallest absolute Gasteiger partial charge is 0.253 e. The number of rotatable bonds is 3. The molecule has 0 aliphatic carbocycles. The molecule has 1 aromatic heterocycles. The van der Waals surface area contributed by atoms with Gasteiger partial charge in [0, 0.05) is 37.3 Å². The Bertz CT molecular complexity index is 1050. The van der Waals surface area contributed by atoms with E-state index in [1.54, 1.807) is 35.6 Å². The van der Waals surface area contributed by atoms with E-state index in [4.69, 9.17) is 4.98 Å². The molecule has 2 heterocycles. The van der Waals surface area contributed by atoms with Gasteiger partial charge in [-0.05, 0) is 50.1 Å². The number of amides is 1. The van der Waals surface area contributed by atoms with Gasteiger partial charge in [0.1, 0.15) is 0 Å². The van der Waals surface area contributed by atoms with Crippen LogP contribution >= 0.6 is 11.3 Å². The van der Waals surface area contributed by atoms with Crippen LogP contribution in [-0.2, 0) is 0 Å². The number of aryl methyl sites for hydroxylation is 2. The van der Waals surface area contributed by atoms with Gasteiger partial charge in [0.05, 0.1) is 10.2 Å². The number of anilines is 1. The third kappa shape index (κ3) is 3.40. The molecule has 5 nitrogen and oxygen atoms in total. The number of nitrogens with zero attached hydrogens (tertiary/aromatic N) is 3. The molecule has 0 bridgehead atoms. The number of fused-ring (bicyclic) bond motifs is 1. The second-order valence-corrected chi connectivity index (χ2v) is 8.27. The number of thiazole rings is 1. The van der Waals surface area contributed by atoms with Crippen LogP contribution < -0.4 is 4.90 Å². The number of aromatic nitrogens is 1. The van der Waals surface area contributed by atoms with Crippen LogP contribution in [0, 0.1) is 13.8 Å². The van der Waals surface area contributed by atoms with E-state index in [1.807, 2.05) is 4.90 Å². The number of carbonyl (C=O) groups excluding carboxylic acids is 2. The highest BCUT2D eigenvalue weighted by Crippen LogP contribution is 2.32. The summed E-state index contributed by atoms with van der Waals surface area (Å²) >= 11 is 1.72. The molecule has 0 spiro atoms. The summed E-state index contributed by atoms with van der Waals surface area (Å²) in [6.07, 6.45) is 0. The van der Waals surface area contributed by atoms with Crippen molar-refractivity contribution >= 4 is 38.4 Å². The van der Waals surface area contributed by atoms with Crippen LogP contribution in [0.2, 0.25) is 0 Å². The Kier molecular flexibility index (Phi) is 4.89. The fourth-order valence-electron chi connectivity index (χ4n) is 3.48. The molecule has 0 radical (unpaired) electrons. The van der Waals surface area contributed by atoms with Crippen molar-refractivity contribution in [1.29, 1.82) is 0 Å². The SMILES string of the molecule is CC(=O)c1ccc(C(=O)N2CCN(c3nc4c(C)c(C)ccc4s3)CC2)cc1. The van der Waals surface area contributed by atoms with E-state index >= 15 is 0 Å². The largest absolute Gasteiger partial charge is 0.345 e. The van der Waals surface area contributed by atoms with Gasteiger partial charge in [-0.2, -0.15) is 0 Å². The molecule has 1 aliphatic rings. The molecule has 0 saturated carbocycles. The Morgan fingerprint density at radius 2 is 1.57 bits per heavy atom. The maximum absolute atomic E-state index is 12.8. The third-order valence-electron chi connectivity index (χ3n) is 5.45. The average molecular weight is 394 g/mol. The highest BCUT2D eigenvalue weighted by molar-refractivity contribution is 7.22. The third-order valence-corrected chi connectivity index (χ3v) is 6.53. The number of hydrogen-bond acceptors (Lipinski definition) is 5. The molecule has 1 aliphatic heterocycles. The van der Waals surface area contributed by atoms with Crippen LogP contribution in [-0.4, -0.2) is 47.8 Å². The fourth-order valence-corrected chi connectivity index (χ4v) is 4.56. The summed E-state index contributed by atoms with van der Waals surface area (Å²) in [6.45, 7) is 8.64. The first-order valence-corrected chi connectivity index (χ1v) is 10.3. The van der Waals surface area contributed by atoms with Crippen molar-refractivity contribution in [3.05, 3.63) is 58.7 Å². The van der Waals surface area contributed by atoms with Gasteiger partial charge in [-0.25, -0.2) is 4.98 Å². The molecule has 1 fully saturated rings. The first-order chi connectivity index (χ1) is 13.4. The topological polar surface area (TPSA) is 53.5 Å². The van der Waals surface area contributed by atoms with Crippen LogP contribution in [0.25, 0.3) is 10.2 Å². The molecule has 0 unspecified atom stereocenters. The van der Waals surface area contributed by atoms with Gasteiger partial charge in [-0.3, -0.25) is 9.59 Å². The van der Waals surface area contributed by atoms with Crippen molar-refractivity contribution in [2.45, 2.75) is 20.8 Å². The minimum atomic E-state index is 0.00822. The molecule has 6 heteroatoms. The lowest BCUT2D eigenvalue weighted by Crippen LogP contribution is -2.48. The van der Waals surface area contributed by atoms with E-state index in [0.717, 1.165) is 23.7 Å². The molecule has 0 atom stereocenters. The van der Waals surface area contributed by atoms with Crippen molar-refractivity contribution in [1.82, 2.24) is 9.88 Å². The first-order valence-electron chi connectivity index (χ1n) is 9.46. The van der Waals surface area contributed by atoms with E-state index in [-0.39, 0.29) is 11.7 Å². The lowest BCUT2D eigenvalue weighted by atomic mass is 10.1. The number of benzene rings is 2. The Labute approximate surface area is 168 Å². The fraction of sp³-hybridized carbons (Fsp3) is 0.318. The number of piperazine rings is 1. The summed E-state index contributed by atoms with van der Waals surface area (Å²) in [4.78, 5) is 33.2. The summed E-state index contributed by atoms with van der Waals surface area (Å²) in [6, 6.07) is 11.2. The molecule has 28 heavy (non-hydrogen) atoms. The Morgan fingerprint density at radius 1 is 0.929 bits per heavy atom. The summed E-state index contributed by atoms with van der Waals surface area (Å²) in [7, 11) is 0. The Morgan fingerprint density at radius 3 is 2.21 bits per heavy atom. The van der Waals surface area contributed by atoms with E-state index < -0.39 is 0 Å². The van der Waals surface area contributed by atoms with Gasteiger partial charge in [0.15, 0.2) is 10.9 Å². The summed E-state index contributed by atoms with van der Waals surface area (Å²) in [5, 5.41) is 1.03. The normalized spacial score (nSPS) is 14.5. The van der Waals surface area contributed by atoms with E-state index in [2.05, 4.69) is 30.9 Å². The number of Topliss-reactive ketones (excluding diaryl/α,β-unsaturated/α-hetero) is 1. The van der Waals surface area contributed by atoms with Crippen molar-refractivity contribution in [3.63, 3.8) is 0 Å². The molecule has 2 aromatic carbocycles. The standard InChI is InChI=1S/C22H23N3O2S/c1-14-4-9-19-20(15(14)2)23-22(28-19)25-12-10-24(11-13-25)21(27)18-7-5-17(6-8-18)16(3)26/h4-9H,10-13H2,1-3H3. The predicted octanol–water partition coefficient (Wildman–Crippen LogP) is 4.08. The van der Waals surface area contributed by atoms with Crippen molar-refractivity contribution < 1.29 is 9.59 Å². The minimum Gasteiger partial charge on any atom is -0.345 e. The molecule has 144 valence electrons. The molecular weight excluding hydrogens is 370 g/mol. The summed E-state index contributed by atoms with van der Waals surface area (Å²) in [5.74, 6) is 0.0272. The zero-order valence-electron chi connectivity index (χ0n) is 16.4. The molecular formula is C22H23N3O2S. The van der Waals surface area contributed by atoms with Crippen LogP contribution in [0.15, 0.2) is 36.4 Å². The zero-order valence-corrected chi connectivity index (χ0v) is 17.2. The van der Waals surface area contributed by atoms with Gasteiger partial charge in [0.25, 0.3) is 5.91 Å². The van der Waals surface area contributed by atoms with Crippen molar-refractivity contribution in [3.8, 4) is 0 Å². The maximum Gasteiger partial charge on any atom is 0.253 e. The first kappa shape index (κ1) is 18.6. The van der Waals surface area contributed by atoms with Gasteiger partial charge >= 0.3 is 0 Å².